The third-order valence-electron chi connectivity index (χ3n) is 2.67. The molecule has 1 amide bonds. The van der Waals surface area contributed by atoms with E-state index >= 15 is 0 Å². The fraction of sp³-hybridized carbons (Fsp3) is 0.636. The van der Waals surface area contributed by atoms with E-state index in [2.05, 4.69) is 10.5 Å². The molecule has 6 heteroatoms. The number of aromatic nitrogens is 1. The van der Waals surface area contributed by atoms with Gasteiger partial charge in [0, 0.05) is 19.7 Å². The normalized spacial score (nSPS) is 20.2. The number of carbonyl (C=O) groups excluding carboxylic acids is 1. The molecule has 1 aromatic heterocycles. The van der Waals surface area contributed by atoms with E-state index in [4.69, 9.17) is 9.26 Å². The molecule has 0 aliphatic carbocycles. The molecule has 94 valence electrons. The molecule has 0 bridgehead atoms. The molecule has 1 atom stereocenters. The Bertz CT molecular complexity index is 385. The third-order valence-corrected chi connectivity index (χ3v) is 2.67. The lowest BCUT2D eigenvalue weighted by molar-refractivity contribution is -0.135. The molecule has 1 saturated heterocycles. The van der Waals surface area contributed by atoms with Gasteiger partial charge in [-0.3, -0.25) is 4.79 Å². The minimum atomic E-state index is -0.248. The second kappa shape index (κ2) is 5.29. The molecule has 6 nitrogen and oxygen atoms in total. The van der Waals surface area contributed by atoms with Gasteiger partial charge in [-0.2, -0.15) is 0 Å². The standard InChI is InChI=1S/C11H17N3O3/c1-8-5-9(13-17-8)6-14(2)11(15)10-7-16-4-3-12-10/h5,10,12H,3-4,6-7H2,1-2H3. The van der Waals surface area contributed by atoms with Crippen molar-refractivity contribution < 1.29 is 14.1 Å². The van der Waals surface area contributed by atoms with Crippen LogP contribution in [-0.4, -0.2) is 48.8 Å². The van der Waals surface area contributed by atoms with E-state index in [0.717, 1.165) is 11.5 Å². The Morgan fingerprint density at radius 3 is 3.12 bits per heavy atom. The van der Waals surface area contributed by atoms with Crippen LogP contribution >= 0.6 is 0 Å². The molecule has 1 N–H and O–H groups in total. The lowest BCUT2D eigenvalue weighted by Crippen LogP contribution is -2.51. The summed E-state index contributed by atoms with van der Waals surface area (Å²) < 4.78 is 10.2. The molecule has 1 fully saturated rings. The van der Waals surface area contributed by atoms with Crippen molar-refractivity contribution in [2.45, 2.75) is 19.5 Å². The number of morpholine rings is 1. The van der Waals surface area contributed by atoms with Gasteiger partial charge in [-0.25, -0.2) is 0 Å². The average Bonchev–Trinajstić information content (AvgIpc) is 2.75. The number of aryl methyl sites for hydroxylation is 1. The second-order valence-corrected chi connectivity index (χ2v) is 4.20. The molecule has 1 unspecified atom stereocenters. The minimum absolute atomic E-state index is 0.0188. The Morgan fingerprint density at radius 2 is 2.53 bits per heavy atom. The summed E-state index contributed by atoms with van der Waals surface area (Å²) in [5, 5.41) is 6.99. The van der Waals surface area contributed by atoms with Crippen LogP contribution in [0.5, 0.6) is 0 Å². The number of amides is 1. The molecule has 17 heavy (non-hydrogen) atoms. The van der Waals surface area contributed by atoms with Crippen LogP contribution in [0, 0.1) is 6.92 Å². The van der Waals surface area contributed by atoms with Crippen molar-refractivity contribution >= 4 is 5.91 Å². The van der Waals surface area contributed by atoms with Gasteiger partial charge in [0.1, 0.15) is 17.5 Å². The van der Waals surface area contributed by atoms with Crippen LogP contribution in [0.1, 0.15) is 11.5 Å². The fourth-order valence-corrected chi connectivity index (χ4v) is 1.80. The number of nitrogens with zero attached hydrogens (tertiary/aromatic N) is 2. The zero-order valence-electron chi connectivity index (χ0n) is 10.1. The van der Waals surface area contributed by atoms with Crippen molar-refractivity contribution in [1.29, 1.82) is 0 Å². The molecule has 2 heterocycles. The zero-order chi connectivity index (χ0) is 12.3. The molecule has 0 radical (unpaired) electrons. The van der Waals surface area contributed by atoms with Gasteiger partial charge in [0.25, 0.3) is 0 Å². The molecule has 0 aromatic carbocycles. The maximum absolute atomic E-state index is 12.0. The predicted octanol–water partition coefficient (Wildman–Crippen LogP) is -0.0702. The van der Waals surface area contributed by atoms with E-state index in [1.807, 2.05) is 13.0 Å². The summed E-state index contributed by atoms with van der Waals surface area (Å²) in [5.74, 6) is 0.769. The van der Waals surface area contributed by atoms with Gasteiger partial charge in [-0.1, -0.05) is 5.16 Å². The highest BCUT2D eigenvalue weighted by Gasteiger charge is 2.24. The predicted molar refractivity (Wildman–Crippen MR) is 60.3 cm³/mol. The molecule has 1 aliphatic heterocycles. The number of nitrogens with one attached hydrogen (secondary N) is 1. The lowest BCUT2D eigenvalue weighted by atomic mass is 10.2. The van der Waals surface area contributed by atoms with Crippen molar-refractivity contribution in [3.63, 3.8) is 0 Å². The first-order valence-corrected chi connectivity index (χ1v) is 5.65. The Kier molecular flexibility index (Phi) is 3.75. The second-order valence-electron chi connectivity index (χ2n) is 4.20. The van der Waals surface area contributed by atoms with Gasteiger partial charge in [0.2, 0.25) is 5.91 Å². The van der Waals surface area contributed by atoms with Gasteiger partial charge in [-0.15, -0.1) is 0 Å². The van der Waals surface area contributed by atoms with Gasteiger partial charge in [0.15, 0.2) is 0 Å². The largest absolute Gasteiger partial charge is 0.378 e. The van der Waals surface area contributed by atoms with Crippen molar-refractivity contribution in [1.82, 2.24) is 15.4 Å². The number of carbonyl (C=O) groups is 1. The van der Waals surface area contributed by atoms with Crippen molar-refractivity contribution in [3.8, 4) is 0 Å². The molecular weight excluding hydrogens is 222 g/mol. The van der Waals surface area contributed by atoms with Crippen LogP contribution in [0.25, 0.3) is 0 Å². The van der Waals surface area contributed by atoms with E-state index < -0.39 is 0 Å². The van der Waals surface area contributed by atoms with Gasteiger partial charge < -0.3 is 19.5 Å². The average molecular weight is 239 g/mol. The Balaban J connectivity index is 1.90. The van der Waals surface area contributed by atoms with Crippen LogP contribution < -0.4 is 5.32 Å². The van der Waals surface area contributed by atoms with Crippen LogP contribution in [0.2, 0.25) is 0 Å². The summed E-state index contributed by atoms with van der Waals surface area (Å²) >= 11 is 0. The summed E-state index contributed by atoms with van der Waals surface area (Å²) in [5.41, 5.74) is 0.759. The van der Waals surface area contributed by atoms with Gasteiger partial charge >= 0.3 is 0 Å². The maximum atomic E-state index is 12.0. The van der Waals surface area contributed by atoms with Gasteiger partial charge in [-0.05, 0) is 6.92 Å². The monoisotopic (exact) mass is 239 g/mol. The van der Waals surface area contributed by atoms with E-state index in [-0.39, 0.29) is 11.9 Å². The Morgan fingerprint density at radius 1 is 1.71 bits per heavy atom. The Labute approximate surface area is 99.9 Å². The van der Waals surface area contributed by atoms with E-state index in [1.54, 1.807) is 11.9 Å². The SMILES string of the molecule is Cc1cc(CN(C)C(=O)C2COCCN2)no1. The molecule has 0 saturated carbocycles. The molecular formula is C11H17N3O3. The number of hydrogen-bond acceptors (Lipinski definition) is 5. The summed E-state index contributed by atoms with van der Waals surface area (Å²) in [6, 6.07) is 1.58. The van der Waals surface area contributed by atoms with E-state index in [0.29, 0.717) is 26.3 Å². The van der Waals surface area contributed by atoms with Crippen LogP contribution in [0.15, 0.2) is 10.6 Å². The van der Waals surface area contributed by atoms with Crippen molar-refractivity contribution in [2.75, 3.05) is 26.8 Å². The summed E-state index contributed by atoms with van der Waals surface area (Å²) in [4.78, 5) is 13.7. The highest BCUT2D eigenvalue weighted by Crippen LogP contribution is 2.06. The number of ether oxygens (including phenoxy) is 1. The molecule has 0 spiro atoms. The third kappa shape index (κ3) is 3.04. The lowest BCUT2D eigenvalue weighted by Gasteiger charge is -2.27. The topological polar surface area (TPSA) is 67.6 Å². The van der Waals surface area contributed by atoms with E-state index in [9.17, 15) is 4.79 Å². The van der Waals surface area contributed by atoms with Gasteiger partial charge in [0.05, 0.1) is 19.8 Å². The molecule has 1 aromatic rings. The van der Waals surface area contributed by atoms with Crippen LogP contribution in [0.3, 0.4) is 0 Å². The molecule has 1 aliphatic rings. The van der Waals surface area contributed by atoms with Crippen LogP contribution in [-0.2, 0) is 16.1 Å². The number of likely N-dealkylation sites (N-methyl/N-ethyl adjacent to an activating group) is 1. The summed E-state index contributed by atoms with van der Waals surface area (Å²) in [6.07, 6.45) is 0. The first kappa shape index (κ1) is 12.1. The quantitative estimate of drug-likeness (QED) is 0.799. The zero-order valence-corrected chi connectivity index (χ0v) is 10.1. The fourth-order valence-electron chi connectivity index (χ4n) is 1.80. The summed E-state index contributed by atoms with van der Waals surface area (Å²) in [6.45, 7) is 4.09. The highest BCUT2D eigenvalue weighted by atomic mass is 16.5. The number of rotatable bonds is 3. The van der Waals surface area contributed by atoms with Crippen LogP contribution in [0.4, 0.5) is 0 Å². The smallest absolute Gasteiger partial charge is 0.242 e. The Hall–Kier alpha value is -1.40. The molecule has 2 rings (SSSR count). The first-order valence-electron chi connectivity index (χ1n) is 5.65. The summed E-state index contributed by atoms with van der Waals surface area (Å²) in [7, 11) is 1.75. The van der Waals surface area contributed by atoms with E-state index in [1.165, 1.54) is 0 Å². The minimum Gasteiger partial charge on any atom is -0.378 e. The van der Waals surface area contributed by atoms with Crippen molar-refractivity contribution in [2.24, 2.45) is 0 Å². The highest BCUT2D eigenvalue weighted by molar-refractivity contribution is 5.81. The van der Waals surface area contributed by atoms with Crippen molar-refractivity contribution in [3.05, 3.63) is 17.5 Å². The maximum Gasteiger partial charge on any atom is 0.242 e. The first-order chi connectivity index (χ1) is 8.16. The number of hydrogen-bond donors (Lipinski definition) is 1.